The number of halogens is 3. The smallest absolute Gasteiger partial charge is 0.351 e. The highest BCUT2D eigenvalue weighted by Crippen LogP contribution is 2.30. The first-order valence-corrected chi connectivity index (χ1v) is 9.59. The Kier molecular flexibility index (Phi) is 4.54. The average Bonchev–Trinajstić information content (AvgIpc) is 3.34. The molecule has 0 aromatic carbocycles. The molecule has 11 heteroatoms. The highest BCUT2D eigenvalue weighted by Gasteiger charge is 2.35. The minimum atomic E-state index is -4.58. The summed E-state index contributed by atoms with van der Waals surface area (Å²) in [6.07, 6.45) is 7.23. The van der Waals surface area contributed by atoms with E-state index >= 15 is 0 Å². The van der Waals surface area contributed by atoms with E-state index in [4.69, 9.17) is 0 Å². The molecule has 2 N–H and O–H groups in total. The van der Waals surface area contributed by atoms with Crippen LogP contribution in [0.4, 0.5) is 19.1 Å². The summed E-state index contributed by atoms with van der Waals surface area (Å²) in [5.41, 5.74) is 2.49. The third kappa shape index (κ3) is 3.80. The van der Waals surface area contributed by atoms with Crippen LogP contribution in [0.5, 0.6) is 0 Å². The molecule has 156 valence electrons. The van der Waals surface area contributed by atoms with Crippen molar-refractivity contribution in [2.24, 2.45) is 0 Å². The minimum absolute atomic E-state index is 0.0119. The summed E-state index contributed by atoms with van der Waals surface area (Å²) in [6, 6.07) is 0.0119. The van der Waals surface area contributed by atoms with Crippen LogP contribution in [0.25, 0.3) is 27.9 Å². The van der Waals surface area contributed by atoms with Crippen molar-refractivity contribution >= 4 is 22.8 Å². The number of fused-ring (bicyclic) bond motifs is 2. The molecule has 1 aliphatic carbocycles. The third-order valence-electron chi connectivity index (χ3n) is 5.30. The Balaban J connectivity index is 1.29. The summed E-state index contributed by atoms with van der Waals surface area (Å²) in [7, 11) is 0. The quantitative estimate of drug-likeness (QED) is 0.523. The van der Waals surface area contributed by atoms with Gasteiger partial charge in [-0.3, -0.25) is 9.14 Å². The van der Waals surface area contributed by atoms with Gasteiger partial charge in [0.1, 0.15) is 5.65 Å². The molecule has 1 fully saturated rings. The van der Waals surface area contributed by atoms with Crippen LogP contribution in [0.2, 0.25) is 0 Å². The van der Waals surface area contributed by atoms with Crippen LogP contribution in [0.3, 0.4) is 0 Å². The first-order valence-electron chi connectivity index (χ1n) is 9.59. The third-order valence-corrected chi connectivity index (χ3v) is 5.30. The van der Waals surface area contributed by atoms with E-state index in [-0.39, 0.29) is 6.04 Å². The Hall–Kier alpha value is -3.21. The van der Waals surface area contributed by atoms with Gasteiger partial charge in [-0.05, 0) is 25.7 Å². The predicted molar refractivity (Wildman–Crippen MR) is 103 cm³/mol. The largest absolute Gasteiger partial charge is 0.522 e. The molecule has 1 aliphatic rings. The van der Waals surface area contributed by atoms with Crippen molar-refractivity contribution in [2.75, 3.05) is 5.32 Å². The Labute approximate surface area is 168 Å². The summed E-state index contributed by atoms with van der Waals surface area (Å²) < 4.78 is 43.0. The van der Waals surface area contributed by atoms with Crippen molar-refractivity contribution in [3.8, 4) is 11.1 Å². The summed E-state index contributed by atoms with van der Waals surface area (Å²) in [5.74, 6) is 1.07. The van der Waals surface area contributed by atoms with E-state index in [1.807, 2.05) is 23.0 Å². The fourth-order valence-electron chi connectivity index (χ4n) is 3.87. The van der Waals surface area contributed by atoms with Gasteiger partial charge >= 0.3 is 6.36 Å². The van der Waals surface area contributed by atoms with E-state index in [9.17, 15) is 13.2 Å². The number of ether oxygens (including phenoxy) is 1. The van der Waals surface area contributed by atoms with Crippen LogP contribution in [0.1, 0.15) is 25.7 Å². The van der Waals surface area contributed by atoms with E-state index < -0.39 is 12.5 Å². The molecule has 4 aromatic rings. The van der Waals surface area contributed by atoms with Gasteiger partial charge in [0, 0.05) is 59.7 Å². The summed E-state index contributed by atoms with van der Waals surface area (Å²) in [4.78, 5) is 20.5. The van der Waals surface area contributed by atoms with Crippen molar-refractivity contribution in [1.29, 1.82) is 0 Å². The first-order chi connectivity index (χ1) is 14.4. The summed E-state index contributed by atoms with van der Waals surface area (Å²) >= 11 is 0. The number of nitrogens with zero attached hydrogens (tertiary/aromatic N) is 5. The van der Waals surface area contributed by atoms with Gasteiger partial charge in [0.25, 0.3) is 0 Å². The molecule has 5 rings (SSSR count). The van der Waals surface area contributed by atoms with Crippen molar-refractivity contribution in [1.82, 2.24) is 29.3 Å². The Morgan fingerprint density at radius 3 is 2.73 bits per heavy atom. The number of rotatable bonds is 4. The molecular formula is C19H18F3N7O. The molecule has 0 radical (unpaired) electrons. The number of H-pyrrole nitrogens is 1. The lowest BCUT2D eigenvalue weighted by atomic mass is 9.93. The number of imidazole rings is 1. The van der Waals surface area contributed by atoms with Gasteiger partial charge in [-0.1, -0.05) is 0 Å². The van der Waals surface area contributed by atoms with Gasteiger partial charge in [0.2, 0.25) is 11.7 Å². The topological polar surface area (TPSA) is 93.0 Å². The molecule has 0 saturated heterocycles. The molecule has 4 heterocycles. The standard InChI is InChI=1S/C19H18F3N7O/c20-19(21,22)30-13-3-1-12(2-4-13)27-17-25-9-15-14(8-24-16(15)28-17)11-7-26-18-23-5-6-29(18)10-11/h5-10,12-13H,1-4H2,(H2,24,25,27,28)/t12-,13+. The highest BCUT2D eigenvalue weighted by molar-refractivity contribution is 5.93. The van der Waals surface area contributed by atoms with Gasteiger partial charge in [0.05, 0.1) is 6.10 Å². The highest BCUT2D eigenvalue weighted by atomic mass is 19.4. The molecule has 0 spiro atoms. The van der Waals surface area contributed by atoms with Crippen LogP contribution < -0.4 is 5.32 Å². The van der Waals surface area contributed by atoms with Crippen molar-refractivity contribution in [3.05, 3.63) is 37.2 Å². The van der Waals surface area contributed by atoms with E-state index in [0.717, 1.165) is 16.5 Å². The molecule has 0 bridgehead atoms. The Morgan fingerprint density at radius 1 is 1.10 bits per heavy atom. The lowest BCUT2D eigenvalue weighted by Gasteiger charge is -2.29. The predicted octanol–water partition coefficient (Wildman–Crippen LogP) is 3.93. The number of hydrogen-bond acceptors (Lipinski definition) is 6. The SMILES string of the molecule is FC(F)(F)O[C@H]1CC[C@@H](Nc2ncc3c(-c4cnc5nccn5c4)c[nH]c3n2)CC1. The maximum absolute atomic E-state index is 12.3. The van der Waals surface area contributed by atoms with E-state index in [2.05, 4.69) is 35.0 Å². The van der Waals surface area contributed by atoms with Crippen LogP contribution >= 0.6 is 0 Å². The van der Waals surface area contributed by atoms with Gasteiger partial charge in [-0.2, -0.15) is 4.98 Å². The first kappa shape index (κ1) is 18.8. The van der Waals surface area contributed by atoms with Crippen molar-refractivity contribution < 1.29 is 17.9 Å². The number of aromatic nitrogens is 6. The van der Waals surface area contributed by atoms with Gasteiger partial charge in [-0.15, -0.1) is 13.2 Å². The minimum Gasteiger partial charge on any atom is -0.351 e. The molecule has 0 atom stereocenters. The molecule has 1 saturated carbocycles. The van der Waals surface area contributed by atoms with Gasteiger partial charge in [-0.25, -0.2) is 15.0 Å². The molecule has 0 unspecified atom stereocenters. The summed E-state index contributed by atoms with van der Waals surface area (Å²) in [6.45, 7) is 0. The maximum Gasteiger partial charge on any atom is 0.522 e. The second kappa shape index (κ2) is 7.24. The van der Waals surface area contributed by atoms with E-state index in [0.29, 0.717) is 43.1 Å². The van der Waals surface area contributed by atoms with Gasteiger partial charge < -0.3 is 10.3 Å². The molecule has 0 aliphatic heterocycles. The number of nitrogens with one attached hydrogen (secondary N) is 2. The zero-order valence-corrected chi connectivity index (χ0v) is 15.7. The normalized spacial score (nSPS) is 20.1. The fourth-order valence-corrected chi connectivity index (χ4v) is 3.87. The van der Waals surface area contributed by atoms with Crippen LogP contribution in [0.15, 0.2) is 37.2 Å². The van der Waals surface area contributed by atoms with Crippen LogP contribution in [-0.2, 0) is 4.74 Å². The summed E-state index contributed by atoms with van der Waals surface area (Å²) in [5, 5.41) is 4.07. The zero-order chi connectivity index (χ0) is 20.7. The van der Waals surface area contributed by atoms with Gasteiger partial charge in [0.15, 0.2) is 0 Å². The molecule has 4 aromatic heterocycles. The Morgan fingerprint density at radius 2 is 1.93 bits per heavy atom. The second-order valence-corrected chi connectivity index (χ2v) is 7.32. The molecule has 8 nitrogen and oxygen atoms in total. The Bertz CT molecular complexity index is 1180. The van der Waals surface area contributed by atoms with E-state index in [1.165, 1.54) is 0 Å². The van der Waals surface area contributed by atoms with E-state index in [1.54, 1.807) is 18.6 Å². The maximum atomic E-state index is 12.3. The number of alkyl halides is 3. The van der Waals surface area contributed by atoms with Crippen molar-refractivity contribution in [2.45, 2.75) is 44.2 Å². The molecular weight excluding hydrogens is 399 g/mol. The lowest BCUT2D eigenvalue weighted by Crippen LogP contribution is -2.33. The monoisotopic (exact) mass is 417 g/mol. The fraction of sp³-hybridized carbons (Fsp3) is 0.368. The van der Waals surface area contributed by atoms with Crippen molar-refractivity contribution in [3.63, 3.8) is 0 Å². The lowest BCUT2D eigenvalue weighted by molar-refractivity contribution is -0.345. The molecule has 30 heavy (non-hydrogen) atoms. The second-order valence-electron chi connectivity index (χ2n) is 7.32. The zero-order valence-electron chi connectivity index (χ0n) is 15.7. The number of aromatic amines is 1. The van der Waals surface area contributed by atoms with Crippen LogP contribution in [-0.4, -0.2) is 47.8 Å². The van der Waals surface area contributed by atoms with Crippen LogP contribution in [0, 0.1) is 0 Å². The average molecular weight is 417 g/mol. The number of anilines is 1. The number of hydrogen-bond donors (Lipinski definition) is 2. The molecule has 0 amide bonds.